The van der Waals surface area contributed by atoms with Crippen LogP contribution >= 0.6 is 0 Å². The molecule has 0 unspecified atom stereocenters. The zero-order valence-corrected chi connectivity index (χ0v) is 31.8. The van der Waals surface area contributed by atoms with Gasteiger partial charge in [0.15, 0.2) is 11.5 Å². The lowest BCUT2D eigenvalue weighted by Gasteiger charge is -2.59. The van der Waals surface area contributed by atoms with Gasteiger partial charge in [0.25, 0.3) is 5.91 Å². The number of hydrogen-bond donors (Lipinski definition) is 2. The molecule has 11 nitrogen and oxygen atoms in total. The van der Waals surface area contributed by atoms with Crippen molar-refractivity contribution in [1.29, 1.82) is 0 Å². The predicted molar refractivity (Wildman–Crippen MR) is 195 cm³/mol. The Morgan fingerprint density at radius 1 is 1.00 bits per heavy atom. The lowest BCUT2D eigenvalue weighted by molar-refractivity contribution is -0.163. The van der Waals surface area contributed by atoms with Gasteiger partial charge in [-0.15, -0.1) is 0 Å². The number of sulfone groups is 1. The van der Waals surface area contributed by atoms with E-state index in [0.29, 0.717) is 86.6 Å². The number of aliphatic carboxylic acids is 1. The molecule has 9 rings (SSSR count). The number of carboxylic acid groups (broad SMARTS) is 1. The van der Waals surface area contributed by atoms with E-state index in [4.69, 9.17) is 4.74 Å². The van der Waals surface area contributed by atoms with Crippen molar-refractivity contribution in [2.45, 2.75) is 100 Å². The maximum absolute atomic E-state index is 14.8. The van der Waals surface area contributed by atoms with Gasteiger partial charge in [0.05, 0.1) is 16.8 Å². The van der Waals surface area contributed by atoms with Gasteiger partial charge in [0, 0.05) is 74.2 Å². The van der Waals surface area contributed by atoms with E-state index in [1.165, 1.54) is 6.26 Å². The fourth-order valence-electron chi connectivity index (χ4n) is 10.5. The van der Waals surface area contributed by atoms with Crippen molar-refractivity contribution >= 4 is 32.6 Å². The van der Waals surface area contributed by atoms with Gasteiger partial charge in [-0.25, -0.2) is 32.0 Å². The second-order valence-corrected chi connectivity index (χ2v) is 19.2. The number of ether oxygens (including phenoxy) is 1. The van der Waals surface area contributed by atoms with Crippen LogP contribution in [0.3, 0.4) is 0 Å². The Morgan fingerprint density at radius 2 is 1.64 bits per heavy atom. The van der Waals surface area contributed by atoms with E-state index < -0.39 is 50.6 Å². The molecular weight excluding hydrogens is 762 g/mol. The number of amides is 1. The number of hydrogen-bond acceptors (Lipinski definition) is 8. The number of carbonyl (C=O) groups is 2. The topological polar surface area (TPSA) is 144 Å². The summed E-state index contributed by atoms with van der Waals surface area (Å²) in [6, 6.07) is 4.71. The van der Waals surface area contributed by atoms with Gasteiger partial charge in [0.2, 0.25) is 5.92 Å². The van der Waals surface area contributed by atoms with Gasteiger partial charge in [-0.05, 0) is 93.6 Å². The number of alkyl halides is 5. The third-order valence-electron chi connectivity index (χ3n) is 13.1. The summed E-state index contributed by atoms with van der Waals surface area (Å²) in [5.74, 6) is -5.07. The predicted octanol–water partition coefficient (Wildman–Crippen LogP) is 6.76. The first-order valence-electron chi connectivity index (χ1n) is 19.5. The second-order valence-electron chi connectivity index (χ2n) is 16.9. The average Bonchev–Trinajstić information content (AvgIpc) is 3.50. The molecule has 1 saturated heterocycles. The third-order valence-corrected chi connectivity index (χ3v) is 14.1. The van der Waals surface area contributed by atoms with E-state index in [1.54, 1.807) is 29.0 Å². The van der Waals surface area contributed by atoms with E-state index in [2.05, 4.69) is 20.2 Å². The van der Waals surface area contributed by atoms with Crippen molar-refractivity contribution in [2.24, 2.45) is 23.7 Å². The molecule has 1 aromatic carbocycles. The first-order chi connectivity index (χ1) is 26.4. The van der Waals surface area contributed by atoms with Gasteiger partial charge in [-0.3, -0.25) is 4.79 Å². The number of halogens is 5. The zero-order chi connectivity index (χ0) is 39.8. The molecule has 3 heterocycles. The van der Waals surface area contributed by atoms with Gasteiger partial charge < -0.3 is 24.6 Å². The summed E-state index contributed by atoms with van der Waals surface area (Å²) in [7, 11) is -3.09. The normalized spacial score (nSPS) is 28.5. The minimum atomic E-state index is -5.10. The van der Waals surface area contributed by atoms with Crippen LogP contribution in [-0.2, 0) is 20.8 Å². The Labute approximate surface area is 321 Å². The number of likely N-dealkylation sites (tertiary alicyclic amines) is 1. The minimum absolute atomic E-state index is 0.0681. The lowest BCUT2D eigenvalue weighted by Crippen LogP contribution is -2.70. The number of carbonyl (C=O) groups excluding carboxylic acids is 1. The van der Waals surface area contributed by atoms with Gasteiger partial charge in [-0.2, -0.15) is 13.2 Å². The number of piperidine rings is 1. The monoisotopic (exact) mass is 807 g/mol. The van der Waals surface area contributed by atoms with Crippen LogP contribution in [0.2, 0.25) is 0 Å². The van der Waals surface area contributed by atoms with Crippen molar-refractivity contribution in [3.63, 3.8) is 0 Å². The van der Waals surface area contributed by atoms with Crippen LogP contribution in [-0.4, -0.2) is 94.0 Å². The molecule has 5 saturated carbocycles. The summed E-state index contributed by atoms with van der Waals surface area (Å²) in [5, 5.41) is 13.5. The number of benzene rings is 1. The van der Waals surface area contributed by atoms with Gasteiger partial charge in [0.1, 0.15) is 27.2 Å². The summed E-state index contributed by atoms with van der Waals surface area (Å²) in [5.41, 5.74) is -3.28. The molecular formula is C39H46F5N5O6S. The van der Waals surface area contributed by atoms with Crippen molar-refractivity contribution in [1.82, 2.24) is 24.8 Å². The SMILES string of the molecule is CS(=O)(=O)CCN1CCC(Oc2ccc3c(-c4ncc(C(=O)NC5(C(=O)O)C6CC7CC(C6)CC5C7)c(C(F)(F)F)n4)cn(C4CCC(F)(F)CC4)c3c2)CC1. The maximum Gasteiger partial charge on any atom is 0.434 e. The van der Waals surface area contributed by atoms with E-state index in [-0.39, 0.29) is 66.8 Å². The number of aromatic nitrogens is 3. The Kier molecular flexibility index (Phi) is 9.89. The first kappa shape index (κ1) is 39.0. The summed E-state index contributed by atoms with van der Waals surface area (Å²) in [4.78, 5) is 36.9. The van der Waals surface area contributed by atoms with Crippen molar-refractivity contribution in [3.05, 3.63) is 41.9 Å². The summed E-state index contributed by atoms with van der Waals surface area (Å²) < 4.78 is 104. The molecule has 56 heavy (non-hydrogen) atoms. The maximum atomic E-state index is 14.8. The molecule has 17 heteroatoms. The molecule has 1 aliphatic heterocycles. The smallest absolute Gasteiger partial charge is 0.434 e. The highest BCUT2D eigenvalue weighted by atomic mass is 32.2. The number of fused-ring (bicyclic) bond motifs is 1. The molecule has 0 radical (unpaired) electrons. The molecule has 304 valence electrons. The Morgan fingerprint density at radius 3 is 2.23 bits per heavy atom. The molecule has 2 aromatic heterocycles. The Hall–Kier alpha value is -3.86. The standard InChI is InChI=1S/C39H46F5N5O6S/c1-56(53,54)13-12-48-10-6-27(7-11-48)55-28-2-3-29-31(21-49(32(29)19-28)26-4-8-37(40,41)9-5-26)34-45-20-30(33(46-34)39(42,43)44)35(50)47-38(36(51)52)24-15-22-14-23(17-24)18-25(38)16-22/h2-3,19-27H,4-18H2,1H3,(H,47,50)(H,51,52). The lowest BCUT2D eigenvalue weighted by atomic mass is 9.48. The van der Waals surface area contributed by atoms with E-state index in [1.807, 2.05) is 0 Å². The van der Waals surface area contributed by atoms with Crippen molar-refractivity contribution in [2.75, 3.05) is 31.6 Å². The Balaban J connectivity index is 1.10. The Bertz CT molecular complexity index is 2100. The number of carboxylic acids is 1. The van der Waals surface area contributed by atoms with Gasteiger partial charge >= 0.3 is 12.1 Å². The quantitative estimate of drug-likeness (QED) is 0.212. The molecule has 0 spiro atoms. The average molecular weight is 808 g/mol. The van der Waals surface area contributed by atoms with E-state index >= 15 is 0 Å². The fourth-order valence-corrected chi connectivity index (χ4v) is 11.1. The first-order valence-corrected chi connectivity index (χ1v) is 21.5. The highest BCUT2D eigenvalue weighted by Gasteiger charge is 2.62. The van der Waals surface area contributed by atoms with Gasteiger partial charge in [-0.1, -0.05) is 0 Å². The molecule has 6 aliphatic rings. The minimum Gasteiger partial charge on any atom is -0.490 e. The molecule has 1 amide bonds. The van der Waals surface area contributed by atoms with Crippen LogP contribution in [0.25, 0.3) is 22.3 Å². The van der Waals surface area contributed by atoms with Crippen LogP contribution in [0.5, 0.6) is 5.75 Å². The summed E-state index contributed by atoms with van der Waals surface area (Å²) >= 11 is 0. The molecule has 4 bridgehead atoms. The highest BCUT2D eigenvalue weighted by Crippen LogP contribution is 2.58. The molecule has 5 aliphatic carbocycles. The molecule has 0 atom stereocenters. The zero-order valence-electron chi connectivity index (χ0n) is 31.0. The summed E-state index contributed by atoms with van der Waals surface area (Å²) in [6.45, 7) is 1.72. The van der Waals surface area contributed by atoms with Crippen LogP contribution in [0.1, 0.15) is 92.7 Å². The van der Waals surface area contributed by atoms with Crippen LogP contribution in [0, 0.1) is 23.7 Å². The number of nitrogens with zero attached hydrogens (tertiary/aromatic N) is 4. The van der Waals surface area contributed by atoms with Crippen LogP contribution < -0.4 is 10.1 Å². The van der Waals surface area contributed by atoms with Crippen LogP contribution in [0.15, 0.2) is 30.6 Å². The number of nitrogens with one attached hydrogen (secondary N) is 1. The number of rotatable bonds is 10. The fraction of sp³-hybridized carbons (Fsp3) is 0.641. The molecule has 3 aromatic rings. The second kappa shape index (κ2) is 14.2. The molecule has 2 N–H and O–H groups in total. The molecule has 6 fully saturated rings. The van der Waals surface area contributed by atoms with E-state index in [0.717, 1.165) is 12.6 Å². The highest BCUT2D eigenvalue weighted by molar-refractivity contribution is 7.90. The largest absolute Gasteiger partial charge is 0.490 e. The summed E-state index contributed by atoms with van der Waals surface area (Å²) in [6.07, 6.45) is 2.60. The van der Waals surface area contributed by atoms with Crippen molar-refractivity contribution < 1.29 is 49.8 Å². The third kappa shape index (κ3) is 7.49. The van der Waals surface area contributed by atoms with Crippen LogP contribution in [0.4, 0.5) is 22.0 Å². The van der Waals surface area contributed by atoms with E-state index in [9.17, 15) is 45.1 Å². The van der Waals surface area contributed by atoms with Crippen molar-refractivity contribution in [3.8, 4) is 17.1 Å².